The number of aryl methyl sites for hydroxylation is 1. The summed E-state index contributed by atoms with van der Waals surface area (Å²) in [5.74, 6) is 0. The Balaban J connectivity index is 2.79. The second-order valence-electron chi connectivity index (χ2n) is 5.15. The Morgan fingerprint density at radius 1 is 0.947 bits per heavy atom. The van der Waals surface area contributed by atoms with Crippen molar-refractivity contribution < 1.29 is 5.11 Å². The first kappa shape index (κ1) is 16.0. The number of rotatable bonds is 10. The molecule has 0 bridgehead atoms. The van der Waals surface area contributed by atoms with E-state index in [1.807, 2.05) is 0 Å². The summed E-state index contributed by atoms with van der Waals surface area (Å²) in [7, 11) is 0. The van der Waals surface area contributed by atoms with Crippen molar-refractivity contribution in [1.29, 1.82) is 0 Å². The molecule has 19 heavy (non-hydrogen) atoms. The summed E-state index contributed by atoms with van der Waals surface area (Å²) in [6.45, 7) is 7.06. The second-order valence-corrected chi connectivity index (χ2v) is 5.15. The lowest BCUT2D eigenvalue weighted by molar-refractivity contribution is 0.288. The molecule has 1 aromatic carbocycles. The Labute approximate surface area is 118 Å². The van der Waals surface area contributed by atoms with E-state index in [1.165, 1.54) is 36.9 Å². The van der Waals surface area contributed by atoms with Crippen molar-refractivity contribution in [2.75, 3.05) is 24.6 Å². The van der Waals surface area contributed by atoms with E-state index in [2.05, 4.69) is 43.0 Å². The Morgan fingerprint density at radius 3 is 2.16 bits per heavy atom. The standard InChI is InChI=1S/C17H29NO/c1-3-5-13-18(14-6-4-2)17-12-8-7-10-16(17)11-9-15-19/h7-8,10,12,19H,3-6,9,11,13-15H2,1-2H3. The summed E-state index contributed by atoms with van der Waals surface area (Å²) in [6, 6.07) is 8.67. The Morgan fingerprint density at radius 2 is 1.58 bits per heavy atom. The number of benzene rings is 1. The van der Waals surface area contributed by atoms with Gasteiger partial charge in [0.2, 0.25) is 0 Å². The maximum absolute atomic E-state index is 9.03. The number of aliphatic hydroxyl groups is 1. The highest BCUT2D eigenvalue weighted by atomic mass is 16.2. The van der Waals surface area contributed by atoms with Gasteiger partial charge in [0.15, 0.2) is 0 Å². The third-order valence-electron chi connectivity index (χ3n) is 3.50. The van der Waals surface area contributed by atoms with Gasteiger partial charge in [0, 0.05) is 25.4 Å². The van der Waals surface area contributed by atoms with Crippen molar-refractivity contribution >= 4 is 5.69 Å². The molecule has 1 aromatic rings. The van der Waals surface area contributed by atoms with Crippen LogP contribution in [0.3, 0.4) is 0 Å². The van der Waals surface area contributed by atoms with Gasteiger partial charge in [-0.2, -0.15) is 0 Å². The number of aliphatic hydroxyl groups excluding tert-OH is 1. The Kier molecular flexibility index (Phi) is 8.31. The third-order valence-corrected chi connectivity index (χ3v) is 3.50. The molecule has 0 aliphatic rings. The molecule has 2 nitrogen and oxygen atoms in total. The molecule has 1 rings (SSSR count). The van der Waals surface area contributed by atoms with E-state index in [0.717, 1.165) is 25.9 Å². The van der Waals surface area contributed by atoms with Gasteiger partial charge in [-0.05, 0) is 37.3 Å². The van der Waals surface area contributed by atoms with E-state index in [9.17, 15) is 0 Å². The number of para-hydroxylation sites is 1. The smallest absolute Gasteiger partial charge is 0.0434 e. The summed E-state index contributed by atoms with van der Waals surface area (Å²) in [5.41, 5.74) is 2.75. The van der Waals surface area contributed by atoms with Gasteiger partial charge in [0.1, 0.15) is 0 Å². The van der Waals surface area contributed by atoms with Crippen LogP contribution >= 0.6 is 0 Å². The first-order valence-electron chi connectivity index (χ1n) is 7.77. The fourth-order valence-electron chi connectivity index (χ4n) is 2.35. The number of anilines is 1. The summed E-state index contributed by atoms with van der Waals surface area (Å²) in [5, 5.41) is 9.03. The zero-order valence-electron chi connectivity index (χ0n) is 12.6. The fraction of sp³-hybridized carbons (Fsp3) is 0.647. The van der Waals surface area contributed by atoms with Crippen LogP contribution in [0.2, 0.25) is 0 Å². The van der Waals surface area contributed by atoms with Crippen LogP contribution in [-0.2, 0) is 6.42 Å². The van der Waals surface area contributed by atoms with Crippen molar-refractivity contribution in [1.82, 2.24) is 0 Å². The van der Waals surface area contributed by atoms with Crippen molar-refractivity contribution in [3.63, 3.8) is 0 Å². The fourth-order valence-corrected chi connectivity index (χ4v) is 2.35. The van der Waals surface area contributed by atoms with Crippen LogP contribution in [0.25, 0.3) is 0 Å². The maximum Gasteiger partial charge on any atom is 0.0434 e. The molecule has 108 valence electrons. The summed E-state index contributed by atoms with van der Waals surface area (Å²) in [6.07, 6.45) is 6.80. The molecule has 0 amide bonds. The van der Waals surface area contributed by atoms with Crippen molar-refractivity contribution in [2.24, 2.45) is 0 Å². The zero-order chi connectivity index (χ0) is 13.9. The SMILES string of the molecule is CCCCN(CCCC)c1ccccc1CCCO. The van der Waals surface area contributed by atoms with Gasteiger partial charge in [-0.15, -0.1) is 0 Å². The average molecular weight is 263 g/mol. The molecule has 0 spiro atoms. The normalized spacial score (nSPS) is 10.7. The van der Waals surface area contributed by atoms with E-state index in [-0.39, 0.29) is 6.61 Å². The molecule has 1 N–H and O–H groups in total. The van der Waals surface area contributed by atoms with Crippen LogP contribution in [0.4, 0.5) is 5.69 Å². The minimum absolute atomic E-state index is 0.276. The van der Waals surface area contributed by atoms with Crippen LogP contribution in [0.5, 0.6) is 0 Å². The topological polar surface area (TPSA) is 23.5 Å². The van der Waals surface area contributed by atoms with Gasteiger partial charge < -0.3 is 10.0 Å². The lowest BCUT2D eigenvalue weighted by Gasteiger charge is -2.27. The lowest BCUT2D eigenvalue weighted by atomic mass is 10.1. The number of hydrogen-bond acceptors (Lipinski definition) is 2. The van der Waals surface area contributed by atoms with Crippen LogP contribution in [-0.4, -0.2) is 24.8 Å². The lowest BCUT2D eigenvalue weighted by Crippen LogP contribution is -2.26. The molecule has 0 atom stereocenters. The van der Waals surface area contributed by atoms with Crippen LogP contribution < -0.4 is 4.90 Å². The molecule has 0 saturated carbocycles. The number of hydrogen-bond donors (Lipinski definition) is 1. The zero-order valence-corrected chi connectivity index (χ0v) is 12.6. The van der Waals surface area contributed by atoms with Gasteiger partial charge in [-0.25, -0.2) is 0 Å². The van der Waals surface area contributed by atoms with Crippen LogP contribution in [0, 0.1) is 0 Å². The first-order valence-corrected chi connectivity index (χ1v) is 7.77. The highest BCUT2D eigenvalue weighted by Crippen LogP contribution is 2.22. The highest BCUT2D eigenvalue weighted by molar-refractivity contribution is 5.53. The van der Waals surface area contributed by atoms with E-state index in [1.54, 1.807) is 0 Å². The van der Waals surface area contributed by atoms with Gasteiger partial charge >= 0.3 is 0 Å². The van der Waals surface area contributed by atoms with E-state index < -0.39 is 0 Å². The van der Waals surface area contributed by atoms with Crippen molar-refractivity contribution in [3.05, 3.63) is 29.8 Å². The van der Waals surface area contributed by atoms with Gasteiger partial charge in [-0.3, -0.25) is 0 Å². The predicted octanol–water partition coefficient (Wildman–Crippen LogP) is 4.02. The molecule has 0 heterocycles. The summed E-state index contributed by atoms with van der Waals surface area (Å²) in [4.78, 5) is 2.53. The molecular weight excluding hydrogens is 234 g/mol. The van der Waals surface area contributed by atoms with Crippen molar-refractivity contribution in [2.45, 2.75) is 52.4 Å². The molecule has 0 fully saturated rings. The highest BCUT2D eigenvalue weighted by Gasteiger charge is 2.09. The third kappa shape index (κ3) is 5.65. The van der Waals surface area contributed by atoms with Gasteiger partial charge in [0.05, 0.1) is 0 Å². The average Bonchev–Trinajstić information content (AvgIpc) is 2.46. The summed E-state index contributed by atoms with van der Waals surface area (Å²) >= 11 is 0. The quantitative estimate of drug-likeness (QED) is 0.689. The Bertz CT molecular complexity index is 330. The van der Waals surface area contributed by atoms with Crippen molar-refractivity contribution in [3.8, 4) is 0 Å². The first-order chi connectivity index (χ1) is 9.33. The molecular formula is C17H29NO. The minimum atomic E-state index is 0.276. The second kappa shape index (κ2) is 9.85. The molecule has 0 radical (unpaired) electrons. The van der Waals surface area contributed by atoms with Gasteiger partial charge in [0.25, 0.3) is 0 Å². The molecule has 2 heteroatoms. The van der Waals surface area contributed by atoms with E-state index in [4.69, 9.17) is 5.11 Å². The van der Waals surface area contributed by atoms with Gasteiger partial charge in [-0.1, -0.05) is 44.9 Å². The molecule has 0 unspecified atom stereocenters. The number of unbranched alkanes of at least 4 members (excludes halogenated alkanes) is 2. The summed E-state index contributed by atoms with van der Waals surface area (Å²) < 4.78 is 0. The number of nitrogens with zero attached hydrogens (tertiary/aromatic N) is 1. The van der Waals surface area contributed by atoms with Crippen LogP contribution in [0.15, 0.2) is 24.3 Å². The molecule has 0 aromatic heterocycles. The minimum Gasteiger partial charge on any atom is -0.396 e. The maximum atomic E-state index is 9.03. The van der Waals surface area contributed by atoms with Crippen LogP contribution in [0.1, 0.15) is 51.5 Å². The monoisotopic (exact) mass is 263 g/mol. The largest absolute Gasteiger partial charge is 0.396 e. The van der Waals surface area contributed by atoms with E-state index >= 15 is 0 Å². The molecule has 0 aliphatic carbocycles. The Hall–Kier alpha value is -1.02. The molecule has 0 saturated heterocycles. The predicted molar refractivity (Wildman–Crippen MR) is 83.9 cm³/mol. The molecule has 0 aliphatic heterocycles. The van der Waals surface area contributed by atoms with E-state index in [0.29, 0.717) is 0 Å².